The third-order valence-corrected chi connectivity index (χ3v) is 3.80. The predicted octanol–water partition coefficient (Wildman–Crippen LogP) is 4.05. The Morgan fingerprint density at radius 3 is 2.89 bits per heavy atom. The molecule has 0 heterocycles. The van der Waals surface area contributed by atoms with Gasteiger partial charge in [-0.05, 0) is 50.8 Å². The van der Waals surface area contributed by atoms with Crippen molar-refractivity contribution in [1.29, 1.82) is 0 Å². The molecule has 0 saturated carbocycles. The monoisotopic (exact) mass is 243 g/mol. The van der Waals surface area contributed by atoms with Crippen LogP contribution in [-0.4, -0.2) is 12.6 Å². The van der Waals surface area contributed by atoms with Gasteiger partial charge in [0.2, 0.25) is 0 Å². The van der Waals surface area contributed by atoms with Crippen molar-refractivity contribution in [2.45, 2.75) is 52.0 Å². The first-order valence-corrected chi connectivity index (χ1v) is 7.18. The number of hydrogen-bond donors (Lipinski definition) is 1. The molecule has 0 radical (unpaired) electrons. The van der Waals surface area contributed by atoms with Gasteiger partial charge in [0, 0.05) is 12.0 Å². The second-order valence-electron chi connectivity index (χ2n) is 5.53. The maximum atomic E-state index is 3.65. The highest BCUT2D eigenvalue weighted by Gasteiger charge is 2.25. The van der Waals surface area contributed by atoms with E-state index in [1.54, 1.807) is 11.1 Å². The number of hydrogen-bond acceptors (Lipinski definition) is 1. The van der Waals surface area contributed by atoms with Crippen molar-refractivity contribution >= 4 is 0 Å². The van der Waals surface area contributed by atoms with E-state index in [2.05, 4.69) is 56.4 Å². The Morgan fingerprint density at radius 2 is 2.17 bits per heavy atom. The van der Waals surface area contributed by atoms with Crippen LogP contribution < -0.4 is 5.32 Å². The first kappa shape index (κ1) is 13.4. The summed E-state index contributed by atoms with van der Waals surface area (Å²) in [7, 11) is 0. The quantitative estimate of drug-likeness (QED) is 0.787. The van der Waals surface area contributed by atoms with Gasteiger partial charge in [0.1, 0.15) is 0 Å². The van der Waals surface area contributed by atoms with Crippen molar-refractivity contribution in [2.24, 2.45) is 0 Å². The molecule has 0 aliphatic heterocycles. The molecule has 0 saturated heterocycles. The van der Waals surface area contributed by atoms with Gasteiger partial charge < -0.3 is 5.32 Å². The van der Waals surface area contributed by atoms with E-state index in [0.717, 1.165) is 6.54 Å². The summed E-state index contributed by atoms with van der Waals surface area (Å²) in [5, 5.41) is 3.65. The van der Waals surface area contributed by atoms with Crippen LogP contribution in [0.3, 0.4) is 0 Å². The van der Waals surface area contributed by atoms with Crippen LogP contribution in [0.2, 0.25) is 0 Å². The highest BCUT2D eigenvalue weighted by Crippen LogP contribution is 2.34. The average molecular weight is 243 g/mol. The molecule has 0 amide bonds. The van der Waals surface area contributed by atoms with E-state index >= 15 is 0 Å². The van der Waals surface area contributed by atoms with Crippen molar-refractivity contribution in [3.63, 3.8) is 0 Å². The molecule has 0 bridgehead atoms. The first-order valence-electron chi connectivity index (χ1n) is 7.18. The number of benzene rings is 1. The summed E-state index contributed by atoms with van der Waals surface area (Å²) in [6, 6.07) is 9.46. The second-order valence-corrected chi connectivity index (χ2v) is 5.53. The van der Waals surface area contributed by atoms with Crippen LogP contribution in [0.1, 0.15) is 50.7 Å². The topological polar surface area (TPSA) is 12.0 Å². The summed E-state index contributed by atoms with van der Waals surface area (Å²) in [5.74, 6) is 0.643. The third-order valence-electron chi connectivity index (χ3n) is 3.80. The number of aryl methyl sites for hydroxylation is 1. The minimum absolute atomic E-state index is 0.487. The van der Waals surface area contributed by atoms with Crippen LogP contribution in [0.4, 0.5) is 0 Å². The van der Waals surface area contributed by atoms with E-state index in [9.17, 15) is 0 Å². The van der Waals surface area contributed by atoms with Crippen LogP contribution in [0.25, 0.3) is 0 Å². The fraction of sp³-hybridized carbons (Fsp3) is 0.529. The van der Waals surface area contributed by atoms with Gasteiger partial charge >= 0.3 is 0 Å². The van der Waals surface area contributed by atoms with Crippen LogP contribution in [-0.2, 0) is 6.42 Å². The van der Waals surface area contributed by atoms with Crippen LogP contribution in [0.5, 0.6) is 0 Å². The molecule has 0 fully saturated rings. The Bertz CT molecular complexity index is 415. The Hall–Kier alpha value is -1.08. The lowest BCUT2D eigenvalue weighted by Crippen LogP contribution is -2.35. The molecule has 1 aliphatic rings. The van der Waals surface area contributed by atoms with Gasteiger partial charge in [-0.15, -0.1) is 0 Å². The van der Waals surface area contributed by atoms with Crippen molar-refractivity contribution in [1.82, 2.24) is 5.32 Å². The minimum atomic E-state index is 0.487. The molecule has 18 heavy (non-hydrogen) atoms. The maximum absolute atomic E-state index is 3.65. The van der Waals surface area contributed by atoms with Crippen molar-refractivity contribution in [3.05, 3.63) is 47.0 Å². The van der Waals surface area contributed by atoms with E-state index in [0.29, 0.717) is 12.0 Å². The summed E-state index contributed by atoms with van der Waals surface area (Å²) < 4.78 is 0. The minimum Gasteiger partial charge on any atom is -0.310 e. The largest absolute Gasteiger partial charge is 0.310 e. The van der Waals surface area contributed by atoms with E-state index < -0.39 is 0 Å². The zero-order chi connectivity index (χ0) is 13.0. The standard InChI is InChI=1S/C17H25N/c1-4-18-17(12-13(2)3)16-11-7-9-14-8-5-6-10-15(14)16/h5-6,8,10,12,16-18H,4,7,9,11H2,1-3H3. The summed E-state index contributed by atoms with van der Waals surface area (Å²) in [4.78, 5) is 0. The van der Waals surface area contributed by atoms with Gasteiger partial charge in [-0.3, -0.25) is 0 Å². The maximum Gasteiger partial charge on any atom is 0.0321 e. The van der Waals surface area contributed by atoms with Gasteiger partial charge in [-0.1, -0.05) is 42.8 Å². The number of likely N-dealkylation sites (N-methyl/N-ethyl adjacent to an activating group) is 1. The lowest BCUT2D eigenvalue weighted by atomic mass is 9.78. The van der Waals surface area contributed by atoms with E-state index in [1.807, 2.05) is 0 Å². The fourth-order valence-electron chi connectivity index (χ4n) is 3.08. The highest BCUT2D eigenvalue weighted by molar-refractivity contribution is 5.35. The van der Waals surface area contributed by atoms with Crippen molar-refractivity contribution in [3.8, 4) is 0 Å². The van der Waals surface area contributed by atoms with Crippen LogP contribution in [0.15, 0.2) is 35.9 Å². The number of fused-ring (bicyclic) bond motifs is 1. The molecule has 1 aliphatic carbocycles. The first-order chi connectivity index (χ1) is 8.72. The van der Waals surface area contributed by atoms with Crippen LogP contribution >= 0.6 is 0 Å². The third kappa shape index (κ3) is 3.02. The molecule has 1 aromatic carbocycles. The predicted molar refractivity (Wildman–Crippen MR) is 79.0 cm³/mol. The van der Waals surface area contributed by atoms with E-state index in [4.69, 9.17) is 0 Å². The summed E-state index contributed by atoms with van der Waals surface area (Å²) in [6.45, 7) is 7.62. The SMILES string of the molecule is CCNC(C=C(C)C)C1CCCc2ccccc21. The number of nitrogens with one attached hydrogen (secondary N) is 1. The Kier molecular flexibility index (Phi) is 4.60. The van der Waals surface area contributed by atoms with Crippen LogP contribution in [0, 0.1) is 0 Å². The molecule has 1 N–H and O–H groups in total. The normalized spacial score (nSPS) is 20.1. The van der Waals surface area contributed by atoms with Crippen molar-refractivity contribution in [2.75, 3.05) is 6.54 Å². The zero-order valence-corrected chi connectivity index (χ0v) is 11.9. The zero-order valence-electron chi connectivity index (χ0n) is 11.9. The molecule has 2 unspecified atom stereocenters. The molecule has 98 valence electrons. The van der Waals surface area contributed by atoms with Gasteiger partial charge in [0.25, 0.3) is 0 Å². The summed E-state index contributed by atoms with van der Waals surface area (Å²) >= 11 is 0. The fourth-order valence-corrected chi connectivity index (χ4v) is 3.08. The molecule has 0 spiro atoms. The van der Waals surface area contributed by atoms with Gasteiger partial charge in [-0.25, -0.2) is 0 Å². The molecule has 0 aromatic heterocycles. The average Bonchev–Trinajstić information content (AvgIpc) is 2.37. The Morgan fingerprint density at radius 1 is 1.39 bits per heavy atom. The lowest BCUT2D eigenvalue weighted by Gasteiger charge is -2.31. The highest BCUT2D eigenvalue weighted by atomic mass is 14.9. The van der Waals surface area contributed by atoms with Crippen molar-refractivity contribution < 1.29 is 0 Å². The second kappa shape index (κ2) is 6.19. The lowest BCUT2D eigenvalue weighted by molar-refractivity contribution is 0.450. The molecular weight excluding hydrogens is 218 g/mol. The van der Waals surface area contributed by atoms with E-state index in [-0.39, 0.29) is 0 Å². The molecule has 1 heteroatoms. The number of allylic oxidation sites excluding steroid dienone is 1. The Balaban J connectivity index is 2.29. The molecule has 1 nitrogen and oxygen atoms in total. The number of rotatable bonds is 4. The molecular formula is C17H25N. The van der Waals surface area contributed by atoms with E-state index in [1.165, 1.54) is 24.8 Å². The molecule has 2 atom stereocenters. The molecule has 2 rings (SSSR count). The smallest absolute Gasteiger partial charge is 0.0321 e. The summed E-state index contributed by atoms with van der Waals surface area (Å²) in [5.41, 5.74) is 4.52. The van der Waals surface area contributed by atoms with Gasteiger partial charge in [0.05, 0.1) is 0 Å². The Labute approximate surface area is 111 Å². The molecule has 1 aromatic rings. The van der Waals surface area contributed by atoms with Gasteiger partial charge in [0.15, 0.2) is 0 Å². The summed E-state index contributed by atoms with van der Waals surface area (Å²) in [6.07, 6.45) is 6.27. The van der Waals surface area contributed by atoms with Gasteiger partial charge in [-0.2, -0.15) is 0 Å².